The third kappa shape index (κ3) is 3.92. The van der Waals surface area contributed by atoms with Gasteiger partial charge in [-0.1, -0.05) is 12.1 Å². The van der Waals surface area contributed by atoms with Crippen molar-refractivity contribution in [1.82, 2.24) is 9.21 Å². The summed E-state index contributed by atoms with van der Waals surface area (Å²) < 4.78 is 32.6. The van der Waals surface area contributed by atoms with E-state index in [1.165, 1.54) is 11.4 Å². The second-order valence-electron chi connectivity index (χ2n) is 6.20. The fraction of sp³-hybridized carbons (Fsp3) is 0.389. The molecule has 1 aromatic carbocycles. The van der Waals surface area contributed by atoms with Gasteiger partial charge in [-0.25, -0.2) is 8.42 Å². The van der Waals surface area contributed by atoms with Gasteiger partial charge >= 0.3 is 0 Å². The van der Waals surface area contributed by atoms with Crippen LogP contribution in [0.1, 0.15) is 10.4 Å². The number of sulfonamides is 1. The Hall–Kier alpha value is -1.90. The van der Waals surface area contributed by atoms with E-state index < -0.39 is 10.0 Å². The molecule has 1 aromatic heterocycles. The lowest BCUT2D eigenvalue weighted by Crippen LogP contribution is -2.50. The predicted octanol–water partition coefficient (Wildman–Crippen LogP) is 2.14. The highest BCUT2D eigenvalue weighted by atomic mass is 32.2. The molecule has 1 amide bonds. The summed E-state index contributed by atoms with van der Waals surface area (Å²) in [6.45, 7) is 3.22. The number of methoxy groups -OCH3 is 1. The molecule has 1 aliphatic rings. The van der Waals surface area contributed by atoms with Crippen LogP contribution in [0.15, 0.2) is 40.6 Å². The average molecular weight is 395 g/mol. The van der Waals surface area contributed by atoms with Gasteiger partial charge in [-0.05, 0) is 36.1 Å². The van der Waals surface area contributed by atoms with E-state index >= 15 is 0 Å². The highest BCUT2D eigenvalue weighted by Gasteiger charge is 2.32. The number of carbonyl (C=O) groups is 1. The van der Waals surface area contributed by atoms with Crippen LogP contribution >= 0.6 is 11.3 Å². The van der Waals surface area contributed by atoms with Crippen molar-refractivity contribution in [2.24, 2.45) is 0 Å². The number of rotatable bonds is 5. The van der Waals surface area contributed by atoms with Gasteiger partial charge in [0, 0.05) is 31.1 Å². The summed E-state index contributed by atoms with van der Waals surface area (Å²) >= 11 is 1.56. The number of hydrogen-bond acceptors (Lipinski definition) is 5. The van der Waals surface area contributed by atoms with E-state index in [-0.39, 0.29) is 23.9 Å². The molecule has 0 atom stereocenters. The van der Waals surface area contributed by atoms with E-state index in [2.05, 4.69) is 0 Å². The maximum absolute atomic E-state index is 13.0. The first-order chi connectivity index (χ1) is 12.4. The summed E-state index contributed by atoms with van der Waals surface area (Å²) in [5.41, 5.74) is 0.856. The Kier molecular flexibility index (Phi) is 5.64. The molecule has 0 unspecified atom stereocenters. The molecule has 2 heterocycles. The molecule has 0 bridgehead atoms. The van der Waals surface area contributed by atoms with Gasteiger partial charge in [0.25, 0.3) is 0 Å². The molecule has 3 rings (SSSR count). The number of thiophene rings is 1. The van der Waals surface area contributed by atoms with E-state index in [0.717, 1.165) is 10.4 Å². The quantitative estimate of drug-likeness (QED) is 0.779. The zero-order valence-electron chi connectivity index (χ0n) is 14.8. The maximum Gasteiger partial charge on any atom is 0.246 e. The molecule has 1 aliphatic heterocycles. The molecule has 0 radical (unpaired) electrons. The minimum atomic E-state index is -3.65. The van der Waals surface area contributed by atoms with Crippen LogP contribution in [0.4, 0.5) is 0 Å². The monoisotopic (exact) mass is 394 g/mol. The Balaban J connectivity index is 1.69. The second-order valence-corrected chi connectivity index (χ2v) is 9.13. The Morgan fingerprint density at radius 1 is 1.19 bits per heavy atom. The van der Waals surface area contributed by atoms with Crippen molar-refractivity contribution < 1.29 is 17.9 Å². The molecule has 26 heavy (non-hydrogen) atoms. The van der Waals surface area contributed by atoms with Crippen LogP contribution in [0.25, 0.3) is 0 Å². The van der Waals surface area contributed by atoms with Gasteiger partial charge in [-0.3, -0.25) is 4.79 Å². The SMILES string of the molecule is COc1ccc(C)cc1S(=O)(=O)N1CCN(C(=O)Cc2cccs2)CC1. The number of benzene rings is 1. The maximum atomic E-state index is 13.0. The van der Waals surface area contributed by atoms with Gasteiger partial charge in [0.15, 0.2) is 0 Å². The molecule has 140 valence electrons. The average Bonchev–Trinajstić information content (AvgIpc) is 3.14. The number of piperazine rings is 1. The first-order valence-electron chi connectivity index (χ1n) is 8.37. The van der Waals surface area contributed by atoms with Crippen molar-refractivity contribution in [1.29, 1.82) is 0 Å². The highest BCUT2D eigenvalue weighted by molar-refractivity contribution is 7.89. The Morgan fingerprint density at radius 2 is 1.92 bits per heavy atom. The van der Waals surface area contributed by atoms with Gasteiger partial charge in [0.05, 0.1) is 13.5 Å². The number of hydrogen-bond donors (Lipinski definition) is 0. The molecular formula is C18H22N2O4S2. The van der Waals surface area contributed by atoms with Crippen molar-refractivity contribution >= 4 is 27.3 Å². The largest absolute Gasteiger partial charge is 0.495 e. The Morgan fingerprint density at radius 3 is 2.54 bits per heavy atom. The molecular weight excluding hydrogens is 372 g/mol. The van der Waals surface area contributed by atoms with Crippen LogP contribution < -0.4 is 4.74 Å². The third-order valence-corrected chi connectivity index (χ3v) is 7.23. The summed E-state index contributed by atoms with van der Waals surface area (Å²) in [7, 11) is -2.19. The number of nitrogens with zero attached hydrogens (tertiary/aromatic N) is 2. The Labute approximate surface area is 158 Å². The lowest BCUT2D eigenvalue weighted by molar-refractivity contribution is -0.131. The molecule has 0 spiro atoms. The zero-order valence-corrected chi connectivity index (χ0v) is 16.5. The van der Waals surface area contributed by atoms with Crippen molar-refractivity contribution in [3.63, 3.8) is 0 Å². The van der Waals surface area contributed by atoms with E-state index in [1.807, 2.05) is 30.5 Å². The van der Waals surface area contributed by atoms with Crippen LogP contribution in [0.2, 0.25) is 0 Å². The van der Waals surface area contributed by atoms with Crippen LogP contribution in [0.5, 0.6) is 5.75 Å². The molecule has 0 aliphatic carbocycles. The summed E-state index contributed by atoms with van der Waals surface area (Å²) in [5.74, 6) is 0.379. The van der Waals surface area contributed by atoms with Crippen molar-refractivity contribution in [3.05, 3.63) is 46.2 Å². The fourth-order valence-corrected chi connectivity index (χ4v) is 5.33. The molecule has 1 fully saturated rings. The first kappa shape index (κ1) is 18.9. The second kappa shape index (κ2) is 7.77. The van der Waals surface area contributed by atoms with Crippen LogP contribution in [0, 0.1) is 6.92 Å². The van der Waals surface area contributed by atoms with E-state index in [0.29, 0.717) is 25.3 Å². The third-order valence-electron chi connectivity index (χ3n) is 4.43. The minimum absolute atomic E-state index is 0.0395. The smallest absolute Gasteiger partial charge is 0.246 e. The predicted molar refractivity (Wildman–Crippen MR) is 101 cm³/mol. The van der Waals surface area contributed by atoms with Gasteiger partial charge < -0.3 is 9.64 Å². The number of carbonyl (C=O) groups excluding carboxylic acids is 1. The molecule has 8 heteroatoms. The van der Waals surface area contributed by atoms with Gasteiger partial charge in [-0.2, -0.15) is 4.31 Å². The minimum Gasteiger partial charge on any atom is -0.495 e. The zero-order chi connectivity index (χ0) is 18.7. The highest BCUT2D eigenvalue weighted by Crippen LogP contribution is 2.28. The lowest BCUT2D eigenvalue weighted by Gasteiger charge is -2.34. The van der Waals surface area contributed by atoms with Crippen molar-refractivity contribution in [3.8, 4) is 5.75 Å². The molecule has 6 nitrogen and oxygen atoms in total. The summed E-state index contributed by atoms with van der Waals surface area (Å²) in [6.07, 6.45) is 0.371. The fourth-order valence-electron chi connectivity index (χ4n) is 2.98. The first-order valence-corrected chi connectivity index (χ1v) is 10.7. The summed E-state index contributed by atoms with van der Waals surface area (Å²) in [5, 5.41) is 1.95. The number of ether oxygens (including phenoxy) is 1. The van der Waals surface area contributed by atoms with Gasteiger partial charge in [0.1, 0.15) is 10.6 Å². The van der Waals surface area contributed by atoms with E-state index in [9.17, 15) is 13.2 Å². The van der Waals surface area contributed by atoms with Crippen molar-refractivity contribution in [2.75, 3.05) is 33.3 Å². The molecule has 0 saturated carbocycles. The molecule has 2 aromatic rings. The topological polar surface area (TPSA) is 66.9 Å². The normalized spacial score (nSPS) is 15.8. The number of aryl methyl sites for hydroxylation is 1. The van der Waals surface area contributed by atoms with E-state index in [4.69, 9.17) is 4.74 Å². The lowest BCUT2D eigenvalue weighted by atomic mass is 10.2. The van der Waals surface area contributed by atoms with Crippen LogP contribution in [-0.4, -0.2) is 56.8 Å². The number of amides is 1. The van der Waals surface area contributed by atoms with Gasteiger partial charge in [0.2, 0.25) is 15.9 Å². The molecule has 0 N–H and O–H groups in total. The standard InChI is InChI=1S/C18H22N2O4S2/c1-14-5-6-16(24-2)17(12-14)26(22,23)20-9-7-19(8-10-20)18(21)13-15-4-3-11-25-15/h3-6,11-12H,7-10,13H2,1-2H3. The summed E-state index contributed by atoms with van der Waals surface area (Å²) in [4.78, 5) is 15.3. The summed E-state index contributed by atoms with van der Waals surface area (Å²) in [6, 6.07) is 8.98. The van der Waals surface area contributed by atoms with Crippen molar-refractivity contribution in [2.45, 2.75) is 18.2 Å². The Bertz CT molecular complexity index is 871. The van der Waals surface area contributed by atoms with E-state index in [1.54, 1.807) is 28.4 Å². The van der Waals surface area contributed by atoms with Crippen LogP contribution in [-0.2, 0) is 21.2 Å². The van der Waals surface area contributed by atoms with Gasteiger partial charge in [-0.15, -0.1) is 11.3 Å². The molecule has 1 saturated heterocycles. The van der Waals surface area contributed by atoms with Crippen LogP contribution in [0.3, 0.4) is 0 Å².